The summed E-state index contributed by atoms with van der Waals surface area (Å²) in [4.78, 5) is 23.6. The van der Waals surface area contributed by atoms with E-state index >= 15 is 0 Å². The van der Waals surface area contributed by atoms with Gasteiger partial charge in [-0.25, -0.2) is 0 Å². The van der Waals surface area contributed by atoms with Crippen LogP contribution in [-0.4, -0.2) is 11.1 Å². The van der Waals surface area contributed by atoms with Crippen molar-refractivity contribution in [3.05, 3.63) is 44.2 Å². The van der Waals surface area contributed by atoms with E-state index in [0.29, 0.717) is 5.56 Å². The molecule has 6 nitrogen and oxygen atoms in total. The lowest BCUT2D eigenvalue weighted by Gasteiger charge is -2.30. The van der Waals surface area contributed by atoms with Crippen molar-refractivity contribution < 1.29 is 5.11 Å². The van der Waals surface area contributed by atoms with Crippen LogP contribution in [0.5, 0.6) is 5.75 Å². The van der Waals surface area contributed by atoms with Crippen LogP contribution in [0.25, 0.3) is 0 Å². The summed E-state index contributed by atoms with van der Waals surface area (Å²) in [6.45, 7) is 8.00. The van der Waals surface area contributed by atoms with Gasteiger partial charge < -0.3 is 15.7 Å². The number of benzene rings is 1. The maximum Gasteiger partial charge on any atom is 0.253 e. The molecule has 0 aliphatic carbocycles. The van der Waals surface area contributed by atoms with Crippen LogP contribution in [0.2, 0.25) is 0 Å². The molecule has 0 aromatic heterocycles. The molecule has 0 amide bonds. The molecule has 6 heteroatoms. The minimum atomic E-state index is -0.627. The van der Waals surface area contributed by atoms with E-state index in [0.717, 1.165) is 0 Å². The fourth-order valence-corrected chi connectivity index (χ4v) is 1.92. The quantitative estimate of drug-likeness (QED) is 0.592. The zero-order valence-corrected chi connectivity index (χ0v) is 13.5. The molecule has 2 rings (SSSR count). The third kappa shape index (κ3) is 3.19. The van der Waals surface area contributed by atoms with Gasteiger partial charge in [-0.15, -0.1) is 0 Å². The number of phenolic OH excluding ortho intramolecular Hbond substituents is 1. The van der Waals surface area contributed by atoms with Gasteiger partial charge in [0.15, 0.2) is 0 Å². The third-order valence-corrected chi connectivity index (χ3v) is 3.96. The number of aromatic hydroxyl groups is 1. The molecule has 1 unspecified atom stereocenters. The smallest absolute Gasteiger partial charge is 0.253 e. The fraction of sp³-hybridized carbons (Fsp3) is 0.353. The molecule has 23 heavy (non-hydrogen) atoms. The molecular weight excluding hydrogens is 294 g/mol. The third-order valence-electron chi connectivity index (χ3n) is 3.96. The molecule has 2 aromatic rings. The summed E-state index contributed by atoms with van der Waals surface area (Å²) in [7, 11) is 0. The Labute approximate surface area is 134 Å². The van der Waals surface area contributed by atoms with Gasteiger partial charge >= 0.3 is 0 Å². The Balaban J connectivity index is 2.29. The van der Waals surface area contributed by atoms with Crippen LogP contribution in [0.15, 0.2) is 27.8 Å². The van der Waals surface area contributed by atoms with Gasteiger partial charge in [0.1, 0.15) is 17.1 Å². The van der Waals surface area contributed by atoms with Crippen molar-refractivity contribution in [3.8, 4) is 11.8 Å². The minimum Gasteiger partial charge on any atom is -0.506 e. The molecule has 0 radical (unpaired) electrons. The molecule has 3 N–H and O–H groups in total. The molecule has 0 saturated heterocycles. The molecule has 1 atom stereocenters. The average molecular weight is 313 g/mol. The summed E-state index contributed by atoms with van der Waals surface area (Å²) in [6.07, 6.45) is 0. The maximum absolute atomic E-state index is 11.8. The first-order valence-corrected chi connectivity index (χ1v) is 7.25. The standard InChI is InChI=1S/C17H19N3O3/c1-9(17(2,3)4)19-13-14(16(23)15(13)22)20-11-6-5-10(8-18)7-12(11)21/h5-7,9,19-21H,1-4H3. The van der Waals surface area contributed by atoms with Crippen LogP contribution in [0.4, 0.5) is 17.1 Å². The zero-order chi connectivity index (χ0) is 17.4. The lowest BCUT2D eigenvalue weighted by atomic mass is 9.87. The number of hydrogen-bond donors (Lipinski definition) is 3. The van der Waals surface area contributed by atoms with E-state index in [4.69, 9.17) is 5.26 Å². The van der Waals surface area contributed by atoms with Crippen molar-refractivity contribution in [2.24, 2.45) is 5.41 Å². The normalized spacial score (nSPS) is 12.7. The van der Waals surface area contributed by atoms with Crippen molar-refractivity contribution in [2.45, 2.75) is 33.7 Å². The largest absolute Gasteiger partial charge is 0.506 e. The van der Waals surface area contributed by atoms with E-state index < -0.39 is 10.9 Å². The van der Waals surface area contributed by atoms with Gasteiger partial charge in [0, 0.05) is 6.04 Å². The number of nitrogens with one attached hydrogen (secondary N) is 2. The van der Waals surface area contributed by atoms with Crippen LogP contribution in [0.1, 0.15) is 33.3 Å². The lowest BCUT2D eigenvalue weighted by molar-refractivity contribution is 0.359. The Kier molecular flexibility index (Phi) is 4.15. The van der Waals surface area contributed by atoms with Gasteiger partial charge in [-0.05, 0) is 30.5 Å². The average Bonchev–Trinajstić information content (AvgIpc) is 2.50. The molecule has 2 aromatic carbocycles. The first kappa shape index (κ1) is 16.6. The first-order chi connectivity index (χ1) is 10.6. The van der Waals surface area contributed by atoms with Gasteiger partial charge in [-0.2, -0.15) is 5.26 Å². The van der Waals surface area contributed by atoms with Gasteiger partial charge in [0.25, 0.3) is 10.9 Å². The fourth-order valence-electron chi connectivity index (χ4n) is 1.92. The second-order valence-corrected chi connectivity index (χ2v) is 6.61. The van der Waals surface area contributed by atoms with Crippen LogP contribution in [0.3, 0.4) is 0 Å². The highest BCUT2D eigenvalue weighted by molar-refractivity contribution is 5.80. The molecule has 120 valence electrons. The number of hydrogen-bond acceptors (Lipinski definition) is 6. The molecule has 0 saturated carbocycles. The highest BCUT2D eigenvalue weighted by Gasteiger charge is 2.27. The SMILES string of the molecule is CC(Nc1c(Nc2ccc(C#N)cc2O)c(=O)c1=O)C(C)(C)C. The Morgan fingerprint density at radius 2 is 1.78 bits per heavy atom. The molecule has 0 aliphatic heterocycles. The number of nitriles is 1. The molecule has 0 bridgehead atoms. The predicted molar refractivity (Wildman–Crippen MR) is 90.0 cm³/mol. The summed E-state index contributed by atoms with van der Waals surface area (Å²) < 4.78 is 0. The van der Waals surface area contributed by atoms with E-state index in [-0.39, 0.29) is 34.3 Å². The van der Waals surface area contributed by atoms with Crippen molar-refractivity contribution in [1.29, 1.82) is 5.26 Å². The highest BCUT2D eigenvalue weighted by Crippen LogP contribution is 2.30. The Bertz CT molecular complexity index is 849. The maximum atomic E-state index is 11.8. The Morgan fingerprint density at radius 3 is 2.30 bits per heavy atom. The van der Waals surface area contributed by atoms with E-state index in [9.17, 15) is 14.7 Å². The molecule has 0 fully saturated rings. The number of phenols is 1. The summed E-state index contributed by atoms with van der Waals surface area (Å²) in [5.74, 6) is -0.160. The van der Waals surface area contributed by atoms with E-state index in [1.165, 1.54) is 18.2 Å². The Hall–Kier alpha value is -2.81. The Morgan fingerprint density at radius 1 is 1.17 bits per heavy atom. The predicted octanol–water partition coefficient (Wildman–Crippen LogP) is 2.45. The van der Waals surface area contributed by atoms with Crippen LogP contribution in [-0.2, 0) is 0 Å². The molecular formula is C17H19N3O3. The van der Waals surface area contributed by atoms with Gasteiger partial charge in [-0.3, -0.25) is 9.59 Å². The van der Waals surface area contributed by atoms with Gasteiger partial charge in [0.2, 0.25) is 0 Å². The lowest BCUT2D eigenvalue weighted by Crippen LogP contribution is -2.41. The number of rotatable bonds is 4. The van der Waals surface area contributed by atoms with Crippen LogP contribution >= 0.6 is 0 Å². The van der Waals surface area contributed by atoms with Crippen molar-refractivity contribution >= 4 is 17.1 Å². The second-order valence-electron chi connectivity index (χ2n) is 6.61. The summed E-state index contributed by atoms with van der Waals surface area (Å²) in [6, 6.07) is 6.17. The van der Waals surface area contributed by atoms with Gasteiger partial charge in [0.05, 0.1) is 17.3 Å². The molecule has 0 heterocycles. The van der Waals surface area contributed by atoms with Crippen molar-refractivity contribution in [2.75, 3.05) is 10.6 Å². The van der Waals surface area contributed by atoms with Crippen molar-refractivity contribution in [3.63, 3.8) is 0 Å². The van der Waals surface area contributed by atoms with E-state index in [1.807, 2.05) is 33.8 Å². The summed E-state index contributed by atoms with van der Waals surface area (Å²) in [5.41, 5.74) is -0.366. The monoisotopic (exact) mass is 313 g/mol. The number of anilines is 3. The molecule has 0 aliphatic rings. The van der Waals surface area contributed by atoms with E-state index in [1.54, 1.807) is 0 Å². The number of nitrogens with zero attached hydrogens (tertiary/aromatic N) is 1. The highest BCUT2D eigenvalue weighted by atomic mass is 16.3. The minimum absolute atomic E-state index is 0.0269. The zero-order valence-electron chi connectivity index (χ0n) is 13.5. The summed E-state index contributed by atoms with van der Waals surface area (Å²) >= 11 is 0. The second kappa shape index (κ2) is 5.76. The summed E-state index contributed by atoms with van der Waals surface area (Å²) in [5, 5.41) is 24.5. The van der Waals surface area contributed by atoms with Crippen molar-refractivity contribution in [1.82, 2.24) is 0 Å². The first-order valence-electron chi connectivity index (χ1n) is 7.25. The topological polar surface area (TPSA) is 102 Å². The van der Waals surface area contributed by atoms with Crippen LogP contribution < -0.4 is 21.5 Å². The van der Waals surface area contributed by atoms with E-state index in [2.05, 4.69) is 10.6 Å². The van der Waals surface area contributed by atoms with Gasteiger partial charge in [-0.1, -0.05) is 20.8 Å². The van der Waals surface area contributed by atoms with Crippen LogP contribution in [0, 0.1) is 16.7 Å². The molecule has 0 spiro atoms.